The summed E-state index contributed by atoms with van der Waals surface area (Å²) in [6.45, 7) is 4.07. The van der Waals surface area contributed by atoms with Gasteiger partial charge in [0.05, 0.1) is 18.8 Å². The molecule has 3 aromatic rings. The number of carbonyl (C=O) groups is 2. The van der Waals surface area contributed by atoms with E-state index in [-0.39, 0.29) is 25.0 Å². The third-order valence-electron chi connectivity index (χ3n) is 6.88. The van der Waals surface area contributed by atoms with Crippen LogP contribution in [0.2, 0.25) is 0 Å². The lowest BCUT2D eigenvalue weighted by Crippen LogP contribution is -2.48. The Morgan fingerprint density at radius 2 is 1.77 bits per heavy atom. The third kappa shape index (κ3) is 7.89. The predicted octanol–water partition coefficient (Wildman–Crippen LogP) is 3.23. The van der Waals surface area contributed by atoms with Gasteiger partial charge in [-0.2, -0.15) is 0 Å². The molecule has 0 bridgehead atoms. The summed E-state index contributed by atoms with van der Waals surface area (Å²) in [5.41, 5.74) is 4.74. The average Bonchev–Trinajstić information content (AvgIpc) is 3.39. The molecule has 2 amide bonds. The summed E-state index contributed by atoms with van der Waals surface area (Å²) >= 11 is 0. The number of aliphatic hydroxyl groups is 2. The molecule has 0 aliphatic carbocycles. The van der Waals surface area contributed by atoms with Crippen LogP contribution in [0, 0.1) is 0 Å². The predicted molar refractivity (Wildman–Crippen MR) is 154 cm³/mol. The molecule has 206 valence electrons. The molecule has 0 aromatic heterocycles. The highest BCUT2D eigenvalue weighted by Gasteiger charge is 2.25. The van der Waals surface area contributed by atoms with E-state index in [1.807, 2.05) is 67.6 Å². The molecular formula is C31H38N4O4. The first kappa shape index (κ1) is 28.3. The zero-order valence-corrected chi connectivity index (χ0v) is 22.4. The van der Waals surface area contributed by atoms with Crippen molar-refractivity contribution in [3.63, 3.8) is 0 Å². The molecule has 0 unspecified atom stereocenters. The van der Waals surface area contributed by atoms with Gasteiger partial charge >= 0.3 is 0 Å². The largest absolute Gasteiger partial charge is 0.392 e. The Hall–Kier alpha value is -3.72. The molecular weight excluding hydrogens is 492 g/mol. The summed E-state index contributed by atoms with van der Waals surface area (Å²) in [5.74, 6) is -0.249. The summed E-state index contributed by atoms with van der Waals surface area (Å²) in [5, 5.41) is 30.1. The Balaban J connectivity index is 1.49. The van der Waals surface area contributed by atoms with E-state index < -0.39 is 12.1 Å². The van der Waals surface area contributed by atoms with Crippen molar-refractivity contribution in [2.45, 2.75) is 51.5 Å². The smallest absolute Gasteiger partial charge is 0.251 e. The van der Waals surface area contributed by atoms with E-state index in [0.717, 1.165) is 28.8 Å². The van der Waals surface area contributed by atoms with E-state index in [4.69, 9.17) is 0 Å². The highest BCUT2D eigenvalue weighted by molar-refractivity contribution is 6.00. The molecule has 0 saturated carbocycles. The number of hydrogen-bond acceptors (Lipinski definition) is 6. The van der Waals surface area contributed by atoms with E-state index >= 15 is 0 Å². The SMILES string of the molecule is CCNc1cc(C(=O)N[C@@H](Cc2ccccc2)[C@@H](O)CNCc2cccc(CO)c2)cc(N2CCCC2=O)c1. The van der Waals surface area contributed by atoms with Gasteiger partial charge in [0.25, 0.3) is 5.91 Å². The molecule has 1 aliphatic rings. The zero-order valence-electron chi connectivity index (χ0n) is 22.4. The normalized spacial score (nSPS) is 14.7. The summed E-state index contributed by atoms with van der Waals surface area (Å²) in [7, 11) is 0. The fourth-order valence-corrected chi connectivity index (χ4v) is 4.87. The lowest BCUT2D eigenvalue weighted by molar-refractivity contribution is -0.117. The lowest BCUT2D eigenvalue weighted by Gasteiger charge is -2.25. The van der Waals surface area contributed by atoms with E-state index in [9.17, 15) is 19.8 Å². The summed E-state index contributed by atoms with van der Waals surface area (Å²) < 4.78 is 0. The second-order valence-corrected chi connectivity index (χ2v) is 9.89. The van der Waals surface area contributed by atoms with Crippen molar-refractivity contribution in [3.8, 4) is 0 Å². The van der Waals surface area contributed by atoms with Crippen LogP contribution in [0.4, 0.5) is 11.4 Å². The Morgan fingerprint density at radius 3 is 2.49 bits per heavy atom. The van der Waals surface area contributed by atoms with Crippen LogP contribution in [0.15, 0.2) is 72.8 Å². The molecule has 1 aliphatic heterocycles. The van der Waals surface area contributed by atoms with Crippen molar-refractivity contribution in [3.05, 3.63) is 95.1 Å². The van der Waals surface area contributed by atoms with E-state index in [2.05, 4.69) is 16.0 Å². The van der Waals surface area contributed by atoms with Crippen LogP contribution in [0.1, 0.15) is 46.8 Å². The minimum Gasteiger partial charge on any atom is -0.392 e. The van der Waals surface area contributed by atoms with E-state index in [1.165, 1.54) is 0 Å². The maximum atomic E-state index is 13.5. The van der Waals surface area contributed by atoms with Gasteiger partial charge < -0.3 is 31.1 Å². The number of rotatable bonds is 13. The molecule has 0 radical (unpaired) electrons. The summed E-state index contributed by atoms with van der Waals surface area (Å²) in [6, 6.07) is 22.3. The number of nitrogens with one attached hydrogen (secondary N) is 3. The van der Waals surface area contributed by atoms with Crippen molar-refractivity contribution in [2.24, 2.45) is 0 Å². The van der Waals surface area contributed by atoms with Crippen LogP contribution in [-0.2, 0) is 24.4 Å². The van der Waals surface area contributed by atoms with Crippen LogP contribution < -0.4 is 20.9 Å². The number of amides is 2. The molecule has 3 aromatic carbocycles. The van der Waals surface area contributed by atoms with E-state index in [0.29, 0.717) is 43.7 Å². The number of aliphatic hydroxyl groups excluding tert-OH is 2. The molecule has 5 N–H and O–H groups in total. The van der Waals surface area contributed by atoms with Gasteiger partial charge in [0.15, 0.2) is 0 Å². The Morgan fingerprint density at radius 1 is 1.00 bits per heavy atom. The van der Waals surface area contributed by atoms with Gasteiger partial charge in [-0.15, -0.1) is 0 Å². The molecule has 1 heterocycles. The number of anilines is 2. The van der Waals surface area contributed by atoms with Crippen molar-refractivity contribution in [2.75, 3.05) is 29.9 Å². The first-order chi connectivity index (χ1) is 19.0. The van der Waals surface area contributed by atoms with Gasteiger partial charge in [-0.25, -0.2) is 0 Å². The van der Waals surface area contributed by atoms with Crippen LogP contribution in [0.3, 0.4) is 0 Å². The maximum absolute atomic E-state index is 13.5. The lowest BCUT2D eigenvalue weighted by atomic mass is 10.00. The number of benzene rings is 3. The molecule has 1 saturated heterocycles. The molecule has 4 rings (SSSR count). The van der Waals surface area contributed by atoms with Gasteiger partial charge in [0.2, 0.25) is 5.91 Å². The standard InChI is InChI=1S/C31H38N4O4/c1-2-33-26-16-25(17-27(18-26)35-13-7-12-30(35)38)31(39)34-28(15-22-8-4-3-5-9-22)29(37)20-32-19-23-10-6-11-24(14-23)21-36/h3-6,8-11,14,16-18,28-29,32-33,36-37H,2,7,12-13,15,19-21H2,1H3,(H,34,39)/t28-,29-/m0/s1. The quantitative estimate of drug-likeness (QED) is 0.232. The van der Waals surface area contributed by atoms with Crippen molar-refractivity contribution < 1.29 is 19.8 Å². The monoisotopic (exact) mass is 530 g/mol. The summed E-state index contributed by atoms with van der Waals surface area (Å²) in [4.78, 5) is 27.6. The van der Waals surface area contributed by atoms with Crippen LogP contribution in [0.25, 0.3) is 0 Å². The topological polar surface area (TPSA) is 114 Å². The van der Waals surface area contributed by atoms with Gasteiger partial charge in [0, 0.05) is 49.5 Å². The highest BCUT2D eigenvalue weighted by atomic mass is 16.3. The third-order valence-corrected chi connectivity index (χ3v) is 6.88. The average molecular weight is 531 g/mol. The first-order valence-electron chi connectivity index (χ1n) is 13.6. The second kappa shape index (κ2) is 13.9. The minimum atomic E-state index is -0.855. The van der Waals surface area contributed by atoms with Gasteiger partial charge in [-0.1, -0.05) is 54.6 Å². The molecule has 8 heteroatoms. The van der Waals surface area contributed by atoms with Gasteiger partial charge in [0.1, 0.15) is 0 Å². The molecule has 2 atom stereocenters. The fraction of sp³-hybridized carbons (Fsp3) is 0.355. The second-order valence-electron chi connectivity index (χ2n) is 9.89. The fourth-order valence-electron chi connectivity index (χ4n) is 4.87. The molecule has 1 fully saturated rings. The van der Waals surface area contributed by atoms with Crippen molar-refractivity contribution >= 4 is 23.2 Å². The molecule has 8 nitrogen and oxygen atoms in total. The summed E-state index contributed by atoms with van der Waals surface area (Å²) in [6.07, 6.45) is 0.913. The Bertz CT molecular complexity index is 1250. The van der Waals surface area contributed by atoms with Crippen LogP contribution >= 0.6 is 0 Å². The number of carbonyl (C=O) groups excluding carboxylic acids is 2. The minimum absolute atomic E-state index is 0.0236. The van der Waals surface area contributed by atoms with Gasteiger partial charge in [-0.3, -0.25) is 9.59 Å². The maximum Gasteiger partial charge on any atom is 0.251 e. The number of nitrogens with zero attached hydrogens (tertiary/aromatic N) is 1. The van der Waals surface area contributed by atoms with Crippen LogP contribution in [0.5, 0.6) is 0 Å². The highest BCUT2D eigenvalue weighted by Crippen LogP contribution is 2.27. The van der Waals surface area contributed by atoms with E-state index in [1.54, 1.807) is 17.0 Å². The van der Waals surface area contributed by atoms with Gasteiger partial charge in [-0.05, 0) is 54.7 Å². The molecule has 0 spiro atoms. The zero-order chi connectivity index (χ0) is 27.6. The number of hydrogen-bond donors (Lipinski definition) is 5. The Labute approximate surface area is 230 Å². The van der Waals surface area contributed by atoms with Crippen LogP contribution in [-0.4, -0.2) is 53.8 Å². The first-order valence-corrected chi connectivity index (χ1v) is 13.6. The van der Waals surface area contributed by atoms with Crippen molar-refractivity contribution in [1.29, 1.82) is 0 Å². The van der Waals surface area contributed by atoms with Crippen molar-refractivity contribution in [1.82, 2.24) is 10.6 Å². The Kier molecular flexibility index (Phi) is 10.1. The molecule has 39 heavy (non-hydrogen) atoms.